The third-order valence-electron chi connectivity index (χ3n) is 2.19. The average molecular weight is 207 g/mol. The van der Waals surface area contributed by atoms with Crippen LogP contribution in [-0.2, 0) is 11.3 Å². The summed E-state index contributed by atoms with van der Waals surface area (Å²) < 4.78 is 0. The van der Waals surface area contributed by atoms with Crippen molar-refractivity contribution in [2.45, 2.75) is 13.5 Å². The smallest absolute Gasteiger partial charge is 0.236 e. The third-order valence-corrected chi connectivity index (χ3v) is 2.19. The Morgan fingerprint density at radius 2 is 2.27 bits per heavy atom. The minimum atomic E-state index is 0.0728. The number of carbonyl (C=O) groups is 1. The van der Waals surface area contributed by atoms with Crippen molar-refractivity contribution >= 4 is 5.91 Å². The normalized spacial score (nSPS) is 10.1. The summed E-state index contributed by atoms with van der Waals surface area (Å²) in [5.74, 6) is 0.0728. The Bertz CT molecular complexity index is 336. The molecule has 0 spiro atoms. The maximum Gasteiger partial charge on any atom is 0.236 e. The van der Waals surface area contributed by atoms with Crippen LogP contribution in [0.4, 0.5) is 0 Å². The van der Waals surface area contributed by atoms with E-state index in [0.29, 0.717) is 13.1 Å². The summed E-state index contributed by atoms with van der Waals surface area (Å²) in [5, 5.41) is 3.07. The van der Waals surface area contributed by atoms with E-state index in [1.165, 1.54) is 0 Å². The number of carbonyl (C=O) groups excluding carboxylic acids is 1. The number of aromatic nitrogens is 1. The molecule has 1 rings (SSSR count). The monoisotopic (exact) mass is 207 g/mol. The van der Waals surface area contributed by atoms with E-state index in [4.69, 9.17) is 0 Å². The molecule has 0 unspecified atom stereocenters. The molecule has 4 heteroatoms. The minimum Gasteiger partial charge on any atom is -0.348 e. The van der Waals surface area contributed by atoms with Gasteiger partial charge in [-0.1, -0.05) is 6.07 Å². The topological polar surface area (TPSA) is 45.2 Å². The Morgan fingerprint density at radius 3 is 2.87 bits per heavy atom. The summed E-state index contributed by atoms with van der Waals surface area (Å²) in [6.45, 7) is 2.99. The lowest BCUT2D eigenvalue weighted by molar-refractivity contribution is -0.127. The van der Waals surface area contributed by atoms with Crippen LogP contribution in [0.25, 0.3) is 0 Å². The van der Waals surface area contributed by atoms with Crippen LogP contribution in [0.1, 0.15) is 11.3 Å². The molecule has 1 amide bonds. The predicted octanol–water partition coefficient (Wildman–Crippen LogP) is 0.568. The highest BCUT2D eigenvalue weighted by Gasteiger charge is 2.03. The van der Waals surface area contributed by atoms with Gasteiger partial charge in [-0.15, -0.1) is 0 Å². The zero-order valence-electron chi connectivity index (χ0n) is 9.45. The molecule has 0 aliphatic heterocycles. The number of likely N-dealkylation sites (N-methyl/N-ethyl adjacent to an activating group) is 1. The van der Waals surface area contributed by atoms with E-state index in [0.717, 1.165) is 11.3 Å². The lowest BCUT2D eigenvalue weighted by Crippen LogP contribution is -2.32. The number of hydrogen-bond donors (Lipinski definition) is 1. The van der Waals surface area contributed by atoms with E-state index in [2.05, 4.69) is 10.3 Å². The summed E-state index contributed by atoms with van der Waals surface area (Å²) >= 11 is 0. The molecule has 0 aliphatic carbocycles. The quantitative estimate of drug-likeness (QED) is 0.785. The fourth-order valence-electron chi connectivity index (χ4n) is 1.15. The second-order valence-corrected chi connectivity index (χ2v) is 3.66. The number of amides is 1. The molecule has 1 heterocycles. The SMILES string of the molecule is Cc1cccnc1CNCC(=O)N(C)C. The minimum absolute atomic E-state index is 0.0728. The van der Waals surface area contributed by atoms with E-state index in [-0.39, 0.29) is 5.91 Å². The zero-order valence-corrected chi connectivity index (χ0v) is 9.45. The molecule has 0 bridgehead atoms. The molecular formula is C11H17N3O. The fraction of sp³-hybridized carbons (Fsp3) is 0.455. The van der Waals surface area contributed by atoms with Crippen LogP contribution < -0.4 is 5.32 Å². The van der Waals surface area contributed by atoms with Crippen molar-refractivity contribution in [3.8, 4) is 0 Å². The van der Waals surface area contributed by atoms with Crippen molar-refractivity contribution in [2.24, 2.45) is 0 Å². The first-order chi connectivity index (χ1) is 7.11. The standard InChI is InChI=1S/C11H17N3O/c1-9-5-4-6-13-10(9)7-12-8-11(15)14(2)3/h4-6,12H,7-8H2,1-3H3. The van der Waals surface area contributed by atoms with Gasteiger partial charge in [-0.2, -0.15) is 0 Å². The maximum absolute atomic E-state index is 11.3. The van der Waals surface area contributed by atoms with Gasteiger partial charge >= 0.3 is 0 Å². The Labute approximate surface area is 90.3 Å². The van der Waals surface area contributed by atoms with Gasteiger partial charge in [-0.25, -0.2) is 0 Å². The van der Waals surface area contributed by atoms with Crippen LogP contribution in [0.15, 0.2) is 18.3 Å². The largest absolute Gasteiger partial charge is 0.348 e. The Hall–Kier alpha value is -1.42. The molecule has 0 aliphatic rings. The second-order valence-electron chi connectivity index (χ2n) is 3.66. The van der Waals surface area contributed by atoms with E-state index < -0.39 is 0 Å². The van der Waals surface area contributed by atoms with Crippen LogP contribution >= 0.6 is 0 Å². The second kappa shape index (κ2) is 5.46. The molecule has 0 radical (unpaired) electrons. The number of aryl methyl sites for hydroxylation is 1. The van der Waals surface area contributed by atoms with Crippen molar-refractivity contribution in [1.29, 1.82) is 0 Å². The summed E-state index contributed by atoms with van der Waals surface area (Å²) in [4.78, 5) is 17.1. The van der Waals surface area contributed by atoms with E-state index in [1.807, 2.05) is 19.1 Å². The number of rotatable bonds is 4. The van der Waals surface area contributed by atoms with Gasteiger partial charge in [-0.3, -0.25) is 9.78 Å². The summed E-state index contributed by atoms with van der Waals surface area (Å²) in [6.07, 6.45) is 1.76. The maximum atomic E-state index is 11.3. The summed E-state index contributed by atoms with van der Waals surface area (Å²) in [6, 6.07) is 3.92. The van der Waals surface area contributed by atoms with Crippen LogP contribution in [0.3, 0.4) is 0 Å². The van der Waals surface area contributed by atoms with Crippen LogP contribution in [0, 0.1) is 6.92 Å². The Morgan fingerprint density at radius 1 is 1.53 bits per heavy atom. The fourth-order valence-corrected chi connectivity index (χ4v) is 1.15. The molecule has 0 saturated heterocycles. The van der Waals surface area contributed by atoms with Crippen molar-refractivity contribution in [3.63, 3.8) is 0 Å². The van der Waals surface area contributed by atoms with Crippen molar-refractivity contribution in [1.82, 2.24) is 15.2 Å². The molecule has 82 valence electrons. The van der Waals surface area contributed by atoms with Crippen LogP contribution in [0.5, 0.6) is 0 Å². The molecular weight excluding hydrogens is 190 g/mol. The molecule has 15 heavy (non-hydrogen) atoms. The third kappa shape index (κ3) is 3.67. The predicted molar refractivity (Wildman–Crippen MR) is 59.4 cm³/mol. The highest BCUT2D eigenvalue weighted by Crippen LogP contribution is 2.01. The zero-order chi connectivity index (χ0) is 11.3. The van der Waals surface area contributed by atoms with E-state index >= 15 is 0 Å². The number of nitrogens with zero attached hydrogens (tertiary/aromatic N) is 2. The van der Waals surface area contributed by atoms with E-state index in [1.54, 1.807) is 25.2 Å². The summed E-state index contributed by atoms with van der Waals surface area (Å²) in [5.41, 5.74) is 2.13. The highest BCUT2D eigenvalue weighted by molar-refractivity contribution is 5.77. The van der Waals surface area contributed by atoms with Crippen molar-refractivity contribution in [2.75, 3.05) is 20.6 Å². The lowest BCUT2D eigenvalue weighted by atomic mass is 10.2. The number of pyridine rings is 1. The molecule has 0 aromatic carbocycles. The summed E-state index contributed by atoms with van der Waals surface area (Å²) in [7, 11) is 3.49. The van der Waals surface area contributed by atoms with Gasteiger partial charge in [-0.05, 0) is 18.6 Å². The molecule has 1 aromatic rings. The average Bonchev–Trinajstić information content (AvgIpc) is 2.20. The van der Waals surface area contributed by atoms with E-state index in [9.17, 15) is 4.79 Å². The molecule has 0 atom stereocenters. The van der Waals surface area contributed by atoms with Gasteiger partial charge < -0.3 is 10.2 Å². The van der Waals surface area contributed by atoms with Gasteiger partial charge in [0.15, 0.2) is 0 Å². The van der Waals surface area contributed by atoms with Crippen molar-refractivity contribution < 1.29 is 4.79 Å². The number of hydrogen-bond acceptors (Lipinski definition) is 3. The first kappa shape index (κ1) is 11.7. The van der Waals surface area contributed by atoms with Crippen LogP contribution in [-0.4, -0.2) is 36.4 Å². The van der Waals surface area contributed by atoms with Gasteiger partial charge in [0.2, 0.25) is 5.91 Å². The van der Waals surface area contributed by atoms with Crippen LogP contribution in [0.2, 0.25) is 0 Å². The van der Waals surface area contributed by atoms with Gasteiger partial charge in [0.05, 0.1) is 12.2 Å². The molecule has 4 nitrogen and oxygen atoms in total. The Balaban J connectivity index is 2.38. The molecule has 0 fully saturated rings. The van der Waals surface area contributed by atoms with Gasteiger partial charge in [0.1, 0.15) is 0 Å². The van der Waals surface area contributed by atoms with Gasteiger partial charge in [0, 0.05) is 26.8 Å². The molecule has 1 N–H and O–H groups in total. The Kier molecular flexibility index (Phi) is 4.24. The number of nitrogens with one attached hydrogen (secondary N) is 1. The highest BCUT2D eigenvalue weighted by atomic mass is 16.2. The first-order valence-corrected chi connectivity index (χ1v) is 4.92. The van der Waals surface area contributed by atoms with Crippen molar-refractivity contribution in [3.05, 3.63) is 29.6 Å². The first-order valence-electron chi connectivity index (χ1n) is 4.92. The molecule has 0 saturated carbocycles. The lowest BCUT2D eigenvalue weighted by Gasteiger charge is -2.11. The molecule has 1 aromatic heterocycles. The van der Waals surface area contributed by atoms with Gasteiger partial charge in [0.25, 0.3) is 0 Å².